The Hall–Kier alpha value is -2.48. The van der Waals surface area contributed by atoms with E-state index in [9.17, 15) is 9.18 Å². The number of rotatable bonds is 6. The first-order valence-corrected chi connectivity index (χ1v) is 8.85. The van der Waals surface area contributed by atoms with Crippen LogP contribution >= 0.6 is 0 Å². The molecule has 1 atom stereocenters. The summed E-state index contributed by atoms with van der Waals surface area (Å²) in [5.41, 5.74) is 1.30. The third-order valence-corrected chi connectivity index (χ3v) is 5.10. The van der Waals surface area contributed by atoms with Crippen molar-refractivity contribution < 1.29 is 13.9 Å². The summed E-state index contributed by atoms with van der Waals surface area (Å²) in [7, 11) is 1.54. The predicted octanol–water partition coefficient (Wildman–Crippen LogP) is 1.94. The van der Waals surface area contributed by atoms with Gasteiger partial charge in [-0.15, -0.1) is 5.10 Å². The molecule has 1 saturated carbocycles. The number of hydrogen-bond acceptors (Lipinski definition) is 5. The van der Waals surface area contributed by atoms with E-state index in [-0.39, 0.29) is 23.8 Å². The SMILES string of the molecule is COc1cc(F)ccc1C(C)N1CC(NC(=O)c2cn(C3CC3)nn2)C1. The van der Waals surface area contributed by atoms with Crippen LogP contribution in [0.1, 0.15) is 47.9 Å². The third-order valence-electron chi connectivity index (χ3n) is 5.10. The highest BCUT2D eigenvalue weighted by Gasteiger charge is 2.34. The zero-order valence-electron chi connectivity index (χ0n) is 14.9. The summed E-state index contributed by atoms with van der Waals surface area (Å²) >= 11 is 0. The lowest BCUT2D eigenvalue weighted by Gasteiger charge is -2.43. The molecule has 26 heavy (non-hydrogen) atoms. The maximum Gasteiger partial charge on any atom is 0.273 e. The van der Waals surface area contributed by atoms with E-state index in [0.29, 0.717) is 17.5 Å². The van der Waals surface area contributed by atoms with Gasteiger partial charge in [-0.2, -0.15) is 0 Å². The molecule has 0 spiro atoms. The molecule has 7 nitrogen and oxygen atoms in total. The molecule has 0 radical (unpaired) electrons. The van der Waals surface area contributed by atoms with Gasteiger partial charge >= 0.3 is 0 Å². The molecule has 1 N–H and O–H groups in total. The Balaban J connectivity index is 1.32. The smallest absolute Gasteiger partial charge is 0.273 e. The van der Waals surface area contributed by atoms with Gasteiger partial charge in [-0.05, 0) is 25.8 Å². The molecule has 2 heterocycles. The molecule has 1 amide bonds. The number of methoxy groups -OCH3 is 1. The molecular formula is C18H22FN5O2. The zero-order chi connectivity index (χ0) is 18.3. The van der Waals surface area contributed by atoms with Crippen LogP contribution in [0.3, 0.4) is 0 Å². The van der Waals surface area contributed by atoms with Crippen molar-refractivity contribution in [2.45, 2.75) is 37.9 Å². The van der Waals surface area contributed by atoms with Gasteiger partial charge in [-0.25, -0.2) is 9.07 Å². The number of hydrogen-bond donors (Lipinski definition) is 1. The summed E-state index contributed by atoms with van der Waals surface area (Å²) in [4.78, 5) is 14.5. The maximum atomic E-state index is 13.4. The van der Waals surface area contributed by atoms with Crippen LogP contribution in [0.2, 0.25) is 0 Å². The molecule has 1 aromatic heterocycles. The van der Waals surface area contributed by atoms with E-state index >= 15 is 0 Å². The molecule has 0 bridgehead atoms. The molecule has 1 aliphatic heterocycles. The molecule has 2 aliphatic rings. The normalized spacial score (nSPS) is 19.0. The average Bonchev–Trinajstić information content (AvgIpc) is 3.33. The second kappa shape index (κ2) is 6.68. The van der Waals surface area contributed by atoms with Gasteiger partial charge in [0.2, 0.25) is 0 Å². The van der Waals surface area contributed by atoms with Gasteiger partial charge < -0.3 is 10.1 Å². The maximum absolute atomic E-state index is 13.4. The van der Waals surface area contributed by atoms with E-state index in [1.54, 1.807) is 24.1 Å². The summed E-state index contributed by atoms with van der Waals surface area (Å²) in [5, 5.41) is 11.0. The Morgan fingerprint density at radius 3 is 2.85 bits per heavy atom. The number of ether oxygens (including phenoxy) is 1. The standard InChI is InChI=1S/C18H22FN5O2/c1-11(15-6-3-12(19)7-17(15)26-2)23-8-13(9-23)20-18(25)16-10-24(22-21-16)14-4-5-14/h3,6-7,10-11,13-14H,4-5,8-9H2,1-2H3,(H,20,25). The fourth-order valence-electron chi connectivity index (χ4n) is 3.30. The fourth-order valence-corrected chi connectivity index (χ4v) is 3.30. The van der Waals surface area contributed by atoms with Crippen molar-refractivity contribution in [1.29, 1.82) is 0 Å². The van der Waals surface area contributed by atoms with Crippen molar-refractivity contribution in [2.75, 3.05) is 20.2 Å². The molecule has 1 aliphatic carbocycles. The van der Waals surface area contributed by atoms with Crippen LogP contribution in [-0.2, 0) is 0 Å². The van der Waals surface area contributed by atoms with Crippen molar-refractivity contribution in [2.24, 2.45) is 0 Å². The fraction of sp³-hybridized carbons (Fsp3) is 0.500. The van der Waals surface area contributed by atoms with Crippen LogP contribution in [-0.4, -0.2) is 52.0 Å². The highest BCUT2D eigenvalue weighted by Crippen LogP contribution is 2.34. The summed E-state index contributed by atoms with van der Waals surface area (Å²) < 4.78 is 20.4. The average molecular weight is 359 g/mol. The van der Waals surface area contributed by atoms with Crippen LogP contribution in [0.25, 0.3) is 0 Å². The van der Waals surface area contributed by atoms with Crippen molar-refractivity contribution in [3.05, 3.63) is 41.5 Å². The van der Waals surface area contributed by atoms with Gasteiger partial charge in [-0.3, -0.25) is 9.69 Å². The lowest BCUT2D eigenvalue weighted by atomic mass is 9.99. The van der Waals surface area contributed by atoms with Gasteiger partial charge in [0.15, 0.2) is 5.69 Å². The number of halogens is 1. The van der Waals surface area contributed by atoms with Gasteiger partial charge in [0.05, 0.1) is 25.4 Å². The molecule has 1 aromatic carbocycles. The van der Waals surface area contributed by atoms with Crippen molar-refractivity contribution in [3.8, 4) is 5.75 Å². The first-order valence-electron chi connectivity index (χ1n) is 8.85. The number of nitrogens with zero attached hydrogens (tertiary/aromatic N) is 4. The van der Waals surface area contributed by atoms with E-state index < -0.39 is 0 Å². The molecule has 8 heteroatoms. The molecule has 138 valence electrons. The number of carbonyl (C=O) groups is 1. The first kappa shape index (κ1) is 17.0. The van der Waals surface area contributed by atoms with Gasteiger partial charge in [0.25, 0.3) is 5.91 Å². The second-order valence-electron chi connectivity index (χ2n) is 7.00. The molecule has 2 aromatic rings. The van der Waals surface area contributed by atoms with Gasteiger partial charge in [-0.1, -0.05) is 11.3 Å². The summed E-state index contributed by atoms with van der Waals surface area (Å²) in [5.74, 6) is 0.0426. The number of likely N-dealkylation sites (tertiary alicyclic amines) is 1. The van der Waals surface area contributed by atoms with Crippen molar-refractivity contribution in [1.82, 2.24) is 25.2 Å². The lowest BCUT2D eigenvalue weighted by molar-refractivity contribution is 0.0666. The van der Waals surface area contributed by atoms with E-state index in [0.717, 1.165) is 31.5 Å². The molecule has 1 unspecified atom stereocenters. The largest absolute Gasteiger partial charge is 0.496 e. The zero-order valence-corrected chi connectivity index (χ0v) is 14.9. The topological polar surface area (TPSA) is 72.3 Å². The number of aromatic nitrogens is 3. The Morgan fingerprint density at radius 1 is 1.38 bits per heavy atom. The van der Waals surface area contributed by atoms with Gasteiger partial charge in [0.1, 0.15) is 11.6 Å². The highest BCUT2D eigenvalue weighted by atomic mass is 19.1. The Labute approximate surface area is 151 Å². The van der Waals surface area contributed by atoms with Crippen LogP contribution in [0.4, 0.5) is 4.39 Å². The summed E-state index contributed by atoms with van der Waals surface area (Å²) in [6.07, 6.45) is 3.93. The van der Waals surface area contributed by atoms with E-state index in [4.69, 9.17) is 4.74 Å². The van der Waals surface area contributed by atoms with Crippen LogP contribution in [0.15, 0.2) is 24.4 Å². The monoisotopic (exact) mass is 359 g/mol. The summed E-state index contributed by atoms with van der Waals surface area (Å²) in [6.45, 7) is 3.50. The third kappa shape index (κ3) is 3.29. The van der Waals surface area contributed by atoms with Crippen LogP contribution in [0, 0.1) is 5.82 Å². The van der Waals surface area contributed by atoms with Gasteiger partial charge in [0, 0.05) is 30.8 Å². The predicted molar refractivity (Wildman–Crippen MR) is 92.5 cm³/mol. The Kier molecular flexibility index (Phi) is 4.36. The van der Waals surface area contributed by atoms with Crippen LogP contribution in [0.5, 0.6) is 5.75 Å². The van der Waals surface area contributed by atoms with E-state index in [1.807, 2.05) is 0 Å². The van der Waals surface area contributed by atoms with Crippen molar-refractivity contribution in [3.63, 3.8) is 0 Å². The van der Waals surface area contributed by atoms with Crippen molar-refractivity contribution >= 4 is 5.91 Å². The van der Waals surface area contributed by atoms with E-state index in [2.05, 4.69) is 27.5 Å². The Bertz CT molecular complexity index is 814. The molecule has 4 rings (SSSR count). The molecular weight excluding hydrogens is 337 g/mol. The number of nitrogens with one attached hydrogen (secondary N) is 1. The van der Waals surface area contributed by atoms with E-state index in [1.165, 1.54) is 12.1 Å². The molecule has 1 saturated heterocycles. The second-order valence-corrected chi connectivity index (χ2v) is 7.00. The lowest BCUT2D eigenvalue weighted by Crippen LogP contribution is -2.59. The summed E-state index contributed by atoms with van der Waals surface area (Å²) in [6, 6.07) is 5.15. The minimum Gasteiger partial charge on any atom is -0.496 e. The minimum atomic E-state index is -0.314. The van der Waals surface area contributed by atoms with Crippen LogP contribution < -0.4 is 10.1 Å². The molecule has 2 fully saturated rings. The first-order chi connectivity index (χ1) is 12.5. The highest BCUT2D eigenvalue weighted by molar-refractivity contribution is 5.92. The number of carbonyl (C=O) groups excluding carboxylic acids is 1. The quantitative estimate of drug-likeness (QED) is 0.853. The Morgan fingerprint density at radius 2 is 2.15 bits per heavy atom. The number of amides is 1. The number of benzene rings is 1. The minimum absolute atomic E-state index is 0.0717.